The Balaban J connectivity index is 0.000000437. The van der Waals surface area contributed by atoms with Gasteiger partial charge in [-0.05, 0) is 6.92 Å². The molecule has 0 aliphatic rings. The number of hydrogen-bond donors (Lipinski definition) is 3. The second kappa shape index (κ2) is 7.74. The van der Waals surface area contributed by atoms with Crippen molar-refractivity contribution in [2.45, 2.75) is 13.0 Å². The van der Waals surface area contributed by atoms with E-state index in [0.717, 1.165) is 0 Å². The van der Waals surface area contributed by atoms with Crippen LogP contribution in [0.15, 0.2) is 0 Å². The molecule has 0 fully saturated rings. The molecular weight excluding hydrogens is 333 g/mol. The molecule has 3 N–H and O–H groups in total. The third-order valence-corrected chi connectivity index (χ3v) is 3.71. The van der Waals surface area contributed by atoms with Crippen molar-refractivity contribution in [3.8, 4) is 5.75 Å². The first kappa shape index (κ1) is 17.4. The van der Waals surface area contributed by atoms with Crippen molar-refractivity contribution in [3.63, 3.8) is 0 Å². The van der Waals surface area contributed by atoms with Crippen LogP contribution in [0.3, 0.4) is 0 Å². The first-order valence-corrected chi connectivity index (χ1v) is 6.12. The molecule has 0 amide bonds. The second-order valence-electron chi connectivity index (χ2n) is 2.95. The van der Waals surface area contributed by atoms with Crippen molar-refractivity contribution in [3.05, 3.63) is 25.1 Å². The van der Waals surface area contributed by atoms with Gasteiger partial charge in [0.15, 0.2) is 5.75 Å². The lowest BCUT2D eigenvalue weighted by atomic mass is 10.3. The van der Waals surface area contributed by atoms with Gasteiger partial charge in [0.2, 0.25) is 0 Å². The molecule has 1 atom stereocenters. The van der Waals surface area contributed by atoms with Crippen molar-refractivity contribution in [2.75, 3.05) is 6.61 Å². The highest BCUT2D eigenvalue weighted by Crippen LogP contribution is 2.47. The van der Waals surface area contributed by atoms with Gasteiger partial charge in [-0.15, -0.1) is 0 Å². The first-order valence-electron chi connectivity index (χ1n) is 4.23. The topological polar surface area (TPSA) is 60.7 Å². The SMILES string of the molecule is CC(O)CO.Oc1c(Cl)c(Cl)c(Cl)c(Cl)c1Cl. The van der Waals surface area contributed by atoms with Crippen LogP contribution in [0.1, 0.15) is 6.92 Å². The molecule has 0 saturated heterocycles. The van der Waals surface area contributed by atoms with Crippen LogP contribution < -0.4 is 0 Å². The Morgan fingerprint density at radius 3 is 1.35 bits per heavy atom. The van der Waals surface area contributed by atoms with E-state index in [1.807, 2.05) is 0 Å². The number of aliphatic hydroxyl groups is 2. The van der Waals surface area contributed by atoms with Gasteiger partial charge < -0.3 is 15.3 Å². The number of hydrogen-bond acceptors (Lipinski definition) is 3. The van der Waals surface area contributed by atoms with Crippen molar-refractivity contribution in [2.24, 2.45) is 0 Å². The minimum Gasteiger partial charge on any atom is -0.505 e. The molecule has 98 valence electrons. The number of benzene rings is 1. The molecule has 0 aliphatic heterocycles. The molecule has 0 aliphatic carbocycles. The number of phenols is 1. The quantitative estimate of drug-likeness (QED) is 0.534. The summed E-state index contributed by atoms with van der Waals surface area (Å²) in [6, 6.07) is 0. The minimum absolute atomic E-state index is 0.00904. The third kappa shape index (κ3) is 4.87. The minimum atomic E-state index is -0.560. The van der Waals surface area contributed by atoms with Gasteiger partial charge in [0.1, 0.15) is 10.0 Å². The average Bonchev–Trinajstić information content (AvgIpc) is 2.32. The Labute approximate surface area is 123 Å². The maximum Gasteiger partial charge on any atom is 0.155 e. The van der Waals surface area contributed by atoms with Crippen LogP contribution in [0.25, 0.3) is 0 Å². The van der Waals surface area contributed by atoms with E-state index in [2.05, 4.69) is 0 Å². The Kier molecular flexibility index (Phi) is 7.92. The average molecular weight is 342 g/mol. The predicted octanol–water partition coefficient (Wildman–Crippen LogP) is 4.02. The predicted molar refractivity (Wildman–Crippen MR) is 71.9 cm³/mol. The highest BCUT2D eigenvalue weighted by Gasteiger charge is 2.18. The third-order valence-electron chi connectivity index (χ3n) is 1.45. The zero-order valence-corrected chi connectivity index (χ0v) is 12.3. The molecule has 1 aromatic rings. The molecule has 0 heterocycles. The Morgan fingerprint density at radius 1 is 0.882 bits per heavy atom. The Bertz CT molecular complexity index is 290. The van der Waals surface area contributed by atoms with Gasteiger partial charge in [-0.1, -0.05) is 58.0 Å². The molecule has 1 rings (SSSR count). The van der Waals surface area contributed by atoms with Gasteiger partial charge in [0.25, 0.3) is 0 Å². The maximum atomic E-state index is 9.20. The number of rotatable bonds is 1. The Morgan fingerprint density at radius 2 is 1.12 bits per heavy atom. The molecule has 1 unspecified atom stereocenters. The molecule has 8 heteroatoms. The number of halogens is 5. The second-order valence-corrected chi connectivity index (χ2v) is 4.84. The fourth-order valence-electron chi connectivity index (χ4n) is 0.593. The van der Waals surface area contributed by atoms with Gasteiger partial charge in [-0.3, -0.25) is 0 Å². The molecular formula is C9H9Cl5O3. The summed E-state index contributed by atoms with van der Waals surface area (Å²) in [5.74, 6) is -0.363. The molecule has 3 nitrogen and oxygen atoms in total. The first-order chi connectivity index (χ1) is 7.73. The van der Waals surface area contributed by atoms with E-state index in [9.17, 15) is 5.11 Å². The van der Waals surface area contributed by atoms with Crippen LogP contribution in [0.4, 0.5) is 0 Å². The van der Waals surface area contributed by atoms with E-state index in [1.54, 1.807) is 0 Å². The summed E-state index contributed by atoms with van der Waals surface area (Å²) in [6.45, 7) is 1.39. The summed E-state index contributed by atoms with van der Waals surface area (Å²) < 4.78 is 0. The van der Waals surface area contributed by atoms with E-state index in [0.29, 0.717) is 0 Å². The van der Waals surface area contributed by atoms with Crippen molar-refractivity contribution < 1.29 is 15.3 Å². The highest BCUT2D eigenvalue weighted by atomic mass is 35.5. The summed E-state index contributed by atoms with van der Waals surface area (Å²) in [5.41, 5.74) is 0. The monoisotopic (exact) mass is 340 g/mol. The summed E-state index contributed by atoms with van der Waals surface area (Å²) in [4.78, 5) is 0. The van der Waals surface area contributed by atoms with E-state index >= 15 is 0 Å². The fraction of sp³-hybridized carbons (Fsp3) is 0.333. The Hall–Kier alpha value is 0.390. The number of phenolic OH excluding ortho intramolecular Hbond substituents is 1. The fourth-order valence-corrected chi connectivity index (χ4v) is 1.72. The maximum absolute atomic E-state index is 9.20. The molecule has 0 aromatic heterocycles. The largest absolute Gasteiger partial charge is 0.505 e. The van der Waals surface area contributed by atoms with Crippen LogP contribution >= 0.6 is 58.0 Å². The van der Waals surface area contributed by atoms with E-state index < -0.39 is 6.10 Å². The smallest absolute Gasteiger partial charge is 0.155 e. The molecule has 0 spiro atoms. The van der Waals surface area contributed by atoms with Crippen molar-refractivity contribution in [1.29, 1.82) is 0 Å². The van der Waals surface area contributed by atoms with Crippen molar-refractivity contribution in [1.82, 2.24) is 0 Å². The van der Waals surface area contributed by atoms with Gasteiger partial charge in [0.05, 0.1) is 27.8 Å². The lowest BCUT2D eigenvalue weighted by Crippen LogP contribution is -2.03. The number of aromatic hydroxyl groups is 1. The van der Waals surface area contributed by atoms with Crippen molar-refractivity contribution >= 4 is 58.0 Å². The molecule has 0 saturated carbocycles. The standard InChI is InChI=1S/C6HCl5O.C3H8O2/c7-1-2(8)4(10)6(12)5(11)3(1)9;1-3(5)2-4/h12H;3-5H,2H2,1H3. The molecule has 0 bridgehead atoms. The van der Waals surface area contributed by atoms with E-state index in [1.165, 1.54) is 6.92 Å². The van der Waals surface area contributed by atoms with Gasteiger partial charge in [-0.2, -0.15) is 0 Å². The molecule has 1 aromatic carbocycles. The summed E-state index contributed by atoms with van der Waals surface area (Å²) in [6.07, 6.45) is -0.560. The molecule has 17 heavy (non-hydrogen) atoms. The van der Waals surface area contributed by atoms with Crippen LogP contribution in [-0.2, 0) is 0 Å². The van der Waals surface area contributed by atoms with Crippen LogP contribution in [0.2, 0.25) is 25.1 Å². The highest BCUT2D eigenvalue weighted by molar-refractivity contribution is 6.55. The zero-order valence-electron chi connectivity index (χ0n) is 8.52. The van der Waals surface area contributed by atoms with E-state index in [-0.39, 0.29) is 37.5 Å². The van der Waals surface area contributed by atoms with Gasteiger partial charge >= 0.3 is 0 Å². The van der Waals surface area contributed by atoms with Crippen LogP contribution in [0.5, 0.6) is 5.75 Å². The molecule has 0 radical (unpaired) electrons. The normalized spacial score (nSPS) is 11.8. The summed E-state index contributed by atoms with van der Waals surface area (Å²) >= 11 is 27.9. The van der Waals surface area contributed by atoms with Crippen LogP contribution in [0, 0.1) is 0 Å². The summed E-state index contributed by atoms with van der Waals surface area (Å²) in [7, 11) is 0. The van der Waals surface area contributed by atoms with E-state index in [4.69, 9.17) is 68.2 Å². The van der Waals surface area contributed by atoms with Gasteiger partial charge in [0, 0.05) is 0 Å². The summed E-state index contributed by atoms with van der Waals surface area (Å²) in [5, 5.41) is 25.0. The van der Waals surface area contributed by atoms with Crippen LogP contribution in [-0.4, -0.2) is 28.0 Å². The zero-order chi connectivity index (χ0) is 13.7. The lowest BCUT2D eigenvalue weighted by Gasteiger charge is -2.06. The number of aliphatic hydroxyl groups excluding tert-OH is 2. The lowest BCUT2D eigenvalue weighted by molar-refractivity contribution is 0.110. The van der Waals surface area contributed by atoms with Gasteiger partial charge in [-0.25, -0.2) is 0 Å².